The van der Waals surface area contributed by atoms with Crippen molar-refractivity contribution in [1.82, 2.24) is 24.7 Å². The van der Waals surface area contributed by atoms with Crippen LogP contribution in [0.5, 0.6) is 0 Å². The Bertz CT molecular complexity index is 1130. The molecule has 3 aromatic rings. The molecule has 1 N–H and O–H groups in total. The van der Waals surface area contributed by atoms with Crippen LogP contribution in [0.2, 0.25) is 5.02 Å². The lowest BCUT2D eigenvalue weighted by Crippen LogP contribution is -2.56. The normalized spacial score (nSPS) is 17.9. The van der Waals surface area contributed by atoms with Crippen molar-refractivity contribution in [2.75, 3.05) is 64.3 Å². The highest BCUT2D eigenvalue weighted by molar-refractivity contribution is 6.33. The van der Waals surface area contributed by atoms with Crippen molar-refractivity contribution in [3.63, 3.8) is 0 Å². The fourth-order valence-corrected chi connectivity index (χ4v) is 4.70. The number of carbonyl (C=O) groups is 1. The summed E-state index contributed by atoms with van der Waals surface area (Å²) in [6.45, 7) is 8.66. The average Bonchev–Trinajstić information content (AvgIpc) is 3.22. The van der Waals surface area contributed by atoms with Gasteiger partial charge in [-0.2, -0.15) is 0 Å². The van der Waals surface area contributed by atoms with Gasteiger partial charge < -0.3 is 24.6 Å². The number of urea groups is 1. The van der Waals surface area contributed by atoms with Gasteiger partial charge in [-0.15, -0.1) is 0 Å². The van der Waals surface area contributed by atoms with Gasteiger partial charge in [0.1, 0.15) is 5.82 Å². The van der Waals surface area contributed by atoms with Gasteiger partial charge in [-0.25, -0.2) is 9.78 Å². The predicted molar refractivity (Wildman–Crippen MR) is 130 cm³/mol. The summed E-state index contributed by atoms with van der Waals surface area (Å²) in [7, 11) is 2.10. The van der Waals surface area contributed by atoms with E-state index >= 15 is 0 Å². The molecular formula is C24H29ClN6O. The summed E-state index contributed by atoms with van der Waals surface area (Å²) in [4.78, 5) is 29.6. The van der Waals surface area contributed by atoms with Gasteiger partial charge in [-0.1, -0.05) is 17.7 Å². The van der Waals surface area contributed by atoms with E-state index in [1.54, 1.807) is 0 Å². The number of fused-ring (bicyclic) bond motifs is 1. The number of nitrogens with zero attached hydrogens (tertiary/aromatic N) is 5. The van der Waals surface area contributed by atoms with Crippen LogP contribution in [-0.2, 0) is 0 Å². The van der Waals surface area contributed by atoms with Gasteiger partial charge in [0.2, 0.25) is 0 Å². The Balaban J connectivity index is 1.29. The minimum atomic E-state index is 0.173. The number of hydrogen-bond acceptors (Lipinski definition) is 4. The highest BCUT2D eigenvalue weighted by atomic mass is 35.5. The maximum absolute atomic E-state index is 12.9. The maximum Gasteiger partial charge on any atom is 0.320 e. The van der Waals surface area contributed by atoms with E-state index in [4.69, 9.17) is 16.6 Å². The van der Waals surface area contributed by atoms with E-state index in [-0.39, 0.29) is 6.03 Å². The molecule has 0 spiro atoms. The van der Waals surface area contributed by atoms with E-state index < -0.39 is 0 Å². The van der Waals surface area contributed by atoms with Gasteiger partial charge in [-0.3, -0.25) is 0 Å². The summed E-state index contributed by atoms with van der Waals surface area (Å²) in [5.41, 5.74) is 5.14. The summed E-state index contributed by atoms with van der Waals surface area (Å²) >= 11 is 6.55. The van der Waals surface area contributed by atoms with E-state index in [1.807, 2.05) is 21.9 Å². The number of amides is 2. The Labute approximate surface area is 193 Å². The van der Waals surface area contributed by atoms with Crippen molar-refractivity contribution in [3.8, 4) is 11.4 Å². The monoisotopic (exact) mass is 452 g/mol. The molecule has 2 aliphatic rings. The van der Waals surface area contributed by atoms with Crippen LogP contribution in [0.25, 0.3) is 22.4 Å². The van der Waals surface area contributed by atoms with Crippen LogP contribution in [0.15, 0.2) is 36.4 Å². The fraction of sp³-hybridized carbons (Fsp3) is 0.417. The van der Waals surface area contributed by atoms with Crippen LogP contribution in [0.3, 0.4) is 0 Å². The highest BCUT2D eigenvalue weighted by Crippen LogP contribution is 2.32. The van der Waals surface area contributed by atoms with Crippen LogP contribution < -0.4 is 4.90 Å². The van der Waals surface area contributed by atoms with Crippen LogP contribution in [0, 0.1) is 6.92 Å². The van der Waals surface area contributed by atoms with Crippen molar-refractivity contribution in [2.45, 2.75) is 6.92 Å². The molecule has 5 rings (SSSR count). The molecule has 2 aromatic carbocycles. The molecule has 0 aliphatic carbocycles. The lowest BCUT2D eigenvalue weighted by atomic mass is 10.1. The Morgan fingerprint density at radius 3 is 2.34 bits per heavy atom. The van der Waals surface area contributed by atoms with E-state index in [0.29, 0.717) is 5.02 Å². The summed E-state index contributed by atoms with van der Waals surface area (Å²) in [6.07, 6.45) is 0. The number of halogens is 1. The number of imidazole rings is 1. The number of nitrogens with one attached hydrogen (secondary N) is 1. The topological polar surface area (TPSA) is 58.7 Å². The largest absolute Gasteiger partial charge is 0.368 e. The van der Waals surface area contributed by atoms with Gasteiger partial charge in [0.15, 0.2) is 0 Å². The maximum atomic E-state index is 12.9. The van der Waals surface area contributed by atoms with Crippen LogP contribution in [0.1, 0.15) is 5.56 Å². The van der Waals surface area contributed by atoms with Crippen molar-refractivity contribution < 1.29 is 4.79 Å². The van der Waals surface area contributed by atoms with E-state index in [2.05, 4.69) is 53.0 Å². The van der Waals surface area contributed by atoms with Crippen molar-refractivity contribution >= 4 is 34.4 Å². The number of benzene rings is 2. The number of hydrogen-bond donors (Lipinski definition) is 1. The van der Waals surface area contributed by atoms with Crippen LogP contribution in [-0.4, -0.2) is 90.1 Å². The molecule has 0 unspecified atom stereocenters. The standard InChI is InChI=1S/C24H29ClN6O/c1-17-3-6-21-22(15-17)27-23(26-21)19-16-18(4-5-20(19)25)29-11-13-31(14-12-29)24(32)30-9-7-28(2)8-10-30/h3-6,15-16H,7-14H2,1-2H3,(H,26,27). The number of aromatic nitrogens is 2. The SMILES string of the molecule is Cc1ccc2nc(-c3cc(N4CCN(C(=O)N5CCN(C)CC5)CC4)ccc3Cl)[nH]c2c1. The fourth-order valence-electron chi connectivity index (χ4n) is 4.50. The minimum Gasteiger partial charge on any atom is -0.368 e. The number of H-pyrrole nitrogens is 1. The predicted octanol–water partition coefficient (Wildman–Crippen LogP) is 3.68. The molecule has 168 valence electrons. The first kappa shape index (κ1) is 21.1. The number of aromatic amines is 1. The highest BCUT2D eigenvalue weighted by Gasteiger charge is 2.27. The van der Waals surface area contributed by atoms with E-state index in [1.165, 1.54) is 5.56 Å². The van der Waals surface area contributed by atoms with Crippen molar-refractivity contribution in [2.24, 2.45) is 0 Å². The van der Waals surface area contributed by atoms with Gasteiger partial charge in [0, 0.05) is 63.6 Å². The number of carbonyl (C=O) groups excluding carboxylic acids is 1. The third-order valence-electron chi connectivity index (χ3n) is 6.53. The number of likely N-dealkylation sites (N-methyl/N-ethyl adjacent to an activating group) is 1. The van der Waals surface area contributed by atoms with Gasteiger partial charge in [0.25, 0.3) is 0 Å². The van der Waals surface area contributed by atoms with Gasteiger partial charge in [0.05, 0.1) is 16.1 Å². The summed E-state index contributed by atoms with van der Waals surface area (Å²) in [5.74, 6) is 0.779. The second kappa shape index (κ2) is 8.64. The lowest BCUT2D eigenvalue weighted by Gasteiger charge is -2.40. The first-order chi connectivity index (χ1) is 15.5. The summed E-state index contributed by atoms with van der Waals surface area (Å²) < 4.78 is 0. The Morgan fingerprint density at radius 1 is 0.938 bits per heavy atom. The van der Waals surface area contributed by atoms with Gasteiger partial charge >= 0.3 is 6.03 Å². The first-order valence-electron chi connectivity index (χ1n) is 11.2. The molecule has 0 radical (unpaired) electrons. The summed E-state index contributed by atoms with van der Waals surface area (Å²) in [5, 5.41) is 0.674. The Hall–Kier alpha value is -2.77. The zero-order valence-corrected chi connectivity index (χ0v) is 19.4. The smallest absolute Gasteiger partial charge is 0.320 e. The number of piperazine rings is 2. The molecule has 1 aromatic heterocycles. The van der Waals surface area contributed by atoms with Gasteiger partial charge in [-0.05, 0) is 49.9 Å². The quantitative estimate of drug-likeness (QED) is 0.644. The Kier molecular flexibility index (Phi) is 5.69. The third-order valence-corrected chi connectivity index (χ3v) is 6.86. The third kappa shape index (κ3) is 4.14. The van der Waals surface area contributed by atoms with Crippen LogP contribution >= 0.6 is 11.6 Å². The zero-order chi connectivity index (χ0) is 22.2. The zero-order valence-electron chi connectivity index (χ0n) is 18.6. The molecule has 0 bridgehead atoms. The number of aryl methyl sites for hydroxylation is 1. The Morgan fingerprint density at radius 2 is 1.62 bits per heavy atom. The molecule has 32 heavy (non-hydrogen) atoms. The molecule has 2 fully saturated rings. The molecule has 0 saturated carbocycles. The molecule has 2 amide bonds. The van der Waals surface area contributed by atoms with Crippen molar-refractivity contribution in [1.29, 1.82) is 0 Å². The average molecular weight is 453 g/mol. The number of rotatable bonds is 2. The second-order valence-electron chi connectivity index (χ2n) is 8.82. The van der Waals surface area contributed by atoms with E-state index in [0.717, 1.165) is 80.5 Å². The molecular weight excluding hydrogens is 424 g/mol. The first-order valence-corrected chi connectivity index (χ1v) is 11.6. The second-order valence-corrected chi connectivity index (χ2v) is 9.22. The van der Waals surface area contributed by atoms with E-state index in [9.17, 15) is 4.79 Å². The lowest BCUT2D eigenvalue weighted by molar-refractivity contribution is 0.120. The molecule has 2 saturated heterocycles. The molecule has 2 aliphatic heterocycles. The molecule has 7 nitrogen and oxygen atoms in total. The van der Waals surface area contributed by atoms with Crippen molar-refractivity contribution in [3.05, 3.63) is 47.0 Å². The molecule has 8 heteroatoms. The summed E-state index contributed by atoms with van der Waals surface area (Å²) in [6, 6.07) is 12.5. The van der Waals surface area contributed by atoms with Crippen LogP contribution in [0.4, 0.5) is 10.5 Å². The molecule has 3 heterocycles. The molecule has 0 atom stereocenters. The minimum absolute atomic E-state index is 0.173. The number of anilines is 1.